The molecule has 22 heavy (non-hydrogen) atoms. The zero-order valence-corrected chi connectivity index (χ0v) is 13.2. The van der Waals surface area contributed by atoms with Crippen LogP contribution in [0.5, 0.6) is 0 Å². The summed E-state index contributed by atoms with van der Waals surface area (Å²) in [4.78, 5) is 23.1. The maximum absolute atomic E-state index is 12.4. The summed E-state index contributed by atoms with van der Waals surface area (Å²) in [7, 11) is 0. The average molecular weight is 302 g/mol. The van der Waals surface area contributed by atoms with Gasteiger partial charge in [-0.25, -0.2) is 4.98 Å². The van der Waals surface area contributed by atoms with Crippen molar-refractivity contribution in [2.24, 2.45) is 11.8 Å². The molecule has 2 fully saturated rings. The summed E-state index contributed by atoms with van der Waals surface area (Å²) in [6.07, 6.45) is 13.7. The van der Waals surface area contributed by atoms with Gasteiger partial charge in [-0.1, -0.05) is 19.3 Å². The Kier molecular flexibility index (Phi) is 5.24. The minimum absolute atomic E-state index is 0.0827. The molecule has 1 aliphatic heterocycles. The molecule has 1 aromatic heterocycles. The molecule has 2 aliphatic rings. The Hall–Kier alpha value is -1.65. The predicted molar refractivity (Wildman–Crippen MR) is 86.6 cm³/mol. The minimum Gasteiger partial charge on any atom is -0.356 e. The largest absolute Gasteiger partial charge is 0.356 e. The number of nitrogens with one attached hydrogen (secondary N) is 1. The Labute approximate surface area is 132 Å². The van der Waals surface area contributed by atoms with Gasteiger partial charge in [0.05, 0.1) is 12.1 Å². The van der Waals surface area contributed by atoms with E-state index in [1.807, 2.05) is 0 Å². The van der Waals surface area contributed by atoms with Crippen molar-refractivity contribution in [2.45, 2.75) is 44.9 Å². The van der Waals surface area contributed by atoms with Gasteiger partial charge >= 0.3 is 0 Å². The lowest BCUT2D eigenvalue weighted by atomic mass is 9.89. The first-order valence-electron chi connectivity index (χ1n) is 8.61. The molecule has 1 saturated heterocycles. The maximum atomic E-state index is 12.4. The molecule has 5 heteroatoms. The molecule has 0 bridgehead atoms. The third-order valence-corrected chi connectivity index (χ3v) is 4.96. The van der Waals surface area contributed by atoms with Gasteiger partial charge in [0, 0.05) is 32.0 Å². The fourth-order valence-corrected chi connectivity index (χ4v) is 3.63. The lowest BCUT2D eigenvalue weighted by Gasteiger charge is -2.33. The summed E-state index contributed by atoms with van der Waals surface area (Å²) in [5.41, 5.74) is 0. The molecule has 1 amide bonds. The first-order valence-corrected chi connectivity index (χ1v) is 8.61. The monoisotopic (exact) mass is 302 g/mol. The van der Waals surface area contributed by atoms with Gasteiger partial charge in [0.1, 0.15) is 5.82 Å². The van der Waals surface area contributed by atoms with Crippen molar-refractivity contribution in [1.29, 1.82) is 0 Å². The number of hydrogen-bond donors (Lipinski definition) is 1. The van der Waals surface area contributed by atoms with E-state index in [1.54, 1.807) is 18.6 Å². The molecule has 5 nitrogen and oxygen atoms in total. The maximum Gasteiger partial charge on any atom is 0.224 e. The highest BCUT2D eigenvalue weighted by Gasteiger charge is 2.27. The SMILES string of the molecule is O=C(NCC1CCCCC1)C1CCCN(c2cnccn2)C1. The summed E-state index contributed by atoms with van der Waals surface area (Å²) >= 11 is 0. The van der Waals surface area contributed by atoms with E-state index < -0.39 is 0 Å². The van der Waals surface area contributed by atoms with Crippen LogP contribution in [0.3, 0.4) is 0 Å². The number of anilines is 1. The summed E-state index contributed by atoms with van der Waals surface area (Å²) in [6.45, 7) is 2.58. The fourth-order valence-electron chi connectivity index (χ4n) is 3.63. The second-order valence-corrected chi connectivity index (χ2v) is 6.60. The molecule has 0 radical (unpaired) electrons. The van der Waals surface area contributed by atoms with Crippen LogP contribution in [0, 0.1) is 11.8 Å². The second-order valence-electron chi connectivity index (χ2n) is 6.60. The Morgan fingerprint density at radius 2 is 2.05 bits per heavy atom. The quantitative estimate of drug-likeness (QED) is 0.928. The van der Waals surface area contributed by atoms with Crippen LogP contribution in [0.15, 0.2) is 18.6 Å². The normalized spacial score (nSPS) is 23.3. The molecule has 0 spiro atoms. The van der Waals surface area contributed by atoms with Crippen molar-refractivity contribution in [1.82, 2.24) is 15.3 Å². The van der Waals surface area contributed by atoms with Crippen molar-refractivity contribution in [3.63, 3.8) is 0 Å². The van der Waals surface area contributed by atoms with E-state index in [4.69, 9.17) is 0 Å². The molecule has 1 aliphatic carbocycles. The number of rotatable bonds is 4. The van der Waals surface area contributed by atoms with Crippen molar-refractivity contribution in [3.8, 4) is 0 Å². The van der Waals surface area contributed by atoms with Crippen molar-refractivity contribution >= 4 is 11.7 Å². The van der Waals surface area contributed by atoms with Crippen molar-refractivity contribution in [3.05, 3.63) is 18.6 Å². The Morgan fingerprint density at radius 3 is 2.82 bits per heavy atom. The van der Waals surface area contributed by atoms with E-state index in [0.29, 0.717) is 5.92 Å². The average Bonchev–Trinajstić information content (AvgIpc) is 2.61. The van der Waals surface area contributed by atoms with E-state index in [-0.39, 0.29) is 11.8 Å². The third-order valence-electron chi connectivity index (χ3n) is 4.96. The predicted octanol–water partition coefficient (Wildman–Crippen LogP) is 2.39. The Bertz CT molecular complexity index is 473. The molecule has 120 valence electrons. The fraction of sp³-hybridized carbons (Fsp3) is 0.706. The molecule has 1 unspecified atom stereocenters. The van der Waals surface area contributed by atoms with Crippen LogP contribution in [0.4, 0.5) is 5.82 Å². The van der Waals surface area contributed by atoms with E-state index >= 15 is 0 Å². The van der Waals surface area contributed by atoms with Gasteiger partial charge in [0.2, 0.25) is 5.91 Å². The van der Waals surface area contributed by atoms with Crippen molar-refractivity contribution < 1.29 is 4.79 Å². The summed E-state index contributed by atoms with van der Waals surface area (Å²) in [5.74, 6) is 1.88. The lowest BCUT2D eigenvalue weighted by Crippen LogP contribution is -2.44. The zero-order valence-electron chi connectivity index (χ0n) is 13.2. The van der Waals surface area contributed by atoms with Crippen LogP contribution in [0.2, 0.25) is 0 Å². The number of nitrogens with zero attached hydrogens (tertiary/aromatic N) is 3. The Morgan fingerprint density at radius 1 is 1.18 bits per heavy atom. The molecule has 1 atom stereocenters. The van der Waals surface area contributed by atoms with Gasteiger partial charge in [-0.15, -0.1) is 0 Å². The number of piperidine rings is 1. The number of hydrogen-bond acceptors (Lipinski definition) is 4. The molecule has 1 saturated carbocycles. The van der Waals surface area contributed by atoms with E-state index in [9.17, 15) is 4.79 Å². The third kappa shape index (κ3) is 3.96. The second kappa shape index (κ2) is 7.56. The smallest absolute Gasteiger partial charge is 0.224 e. The van der Waals surface area contributed by atoms with Crippen LogP contribution in [0.25, 0.3) is 0 Å². The number of amides is 1. The molecule has 2 heterocycles. The standard InChI is InChI=1S/C17H26N4O/c22-17(20-11-14-5-2-1-3-6-14)15-7-4-10-21(13-15)16-12-18-8-9-19-16/h8-9,12,14-15H,1-7,10-11,13H2,(H,20,22). The van der Waals surface area contributed by atoms with E-state index in [0.717, 1.165) is 38.3 Å². The van der Waals surface area contributed by atoms with E-state index in [1.165, 1.54) is 32.1 Å². The lowest BCUT2D eigenvalue weighted by molar-refractivity contribution is -0.125. The van der Waals surface area contributed by atoms with Gasteiger partial charge in [0.15, 0.2) is 0 Å². The van der Waals surface area contributed by atoms with E-state index in [2.05, 4.69) is 20.2 Å². The van der Waals surface area contributed by atoms with Gasteiger partial charge in [-0.05, 0) is 31.6 Å². The van der Waals surface area contributed by atoms with Crippen LogP contribution in [-0.2, 0) is 4.79 Å². The van der Waals surface area contributed by atoms with Crippen molar-refractivity contribution in [2.75, 3.05) is 24.5 Å². The number of carbonyl (C=O) groups is 1. The minimum atomic E-state index is 0.0827. The number of aromatic nitrogens is 2. The molecule has 1 N–H and O–H groups in total. The molecule has 1 aromatic rings. The summed E-state index contributed by atoms with van der Waals surface area (Å²) in [6, 6.07) is 0. The van der Waals surface area contributed by atoms with Gasteiger partial charge < -0.3 is 10.2 Å². The highest BCUT2D eigenvalue weighted by Crippen LogP contribution is 2.24. The molecular weight excluding hydrogens is 276 g/mol. The van der Waals surface area contributed by atoms with Crippen LogP contribution in [-0.4, -0.2) is 35.5 Å². The highest BCUT2D eigenvalue weighted by atomic mass is 16.1. The van der Waals surface area contributed by atoms with Gasteiger partial charge in [-0.3, -0.25) is 9.78 Å². The van der Waals surface area contributed by atoms with Gasteiger partial charge in [0.25, 0.3) is 0 Å². The highest BCUT2D eigenvalue weighted by molar-refractivity contribution is 5.79. The van der Waals surface area contributed by atoms with Crippen LogP contribution in [0.1, 0.15) is 44.9 Å². The topological polar surface area (TPSA) is 58.1 Å². The summed E-state index contributed by atoms with van der Waals surface area (Å²) < 4.78 is 0. The zero-order chi connectivity index (χ0) is 15.2. The first kappa shape index (κ1) is 15.3. The number of carbonyl (C=O) groups excluding carboxylic acids is 1. The molecular formula is C17H26N4O. The first-order chi connectivity index (χ1) is 10.8. The molecule has 3 rings (SSSR count). The Balaban J connectivity index is 1.49. The van der Waals surface area contributed by atoms with Gasteiger partial charge in [-0.2, -0.15) is 0 Å². The van der Waals surface area contributed by atoms with Crippen LogP contribution < -0.4 is 10.2 Å². The van der Waals surface area contributed by atoms with Crippen LogP contribution >= 0.6 is 0 Å². The molecule has 0 aromatic carbocycles. The summed E-state index contributed by atoms with van der Waals surface area (Å²) in [5, 5.41) is 3.19.